The van der Waals surface area contributed by atoms with Crippen molar-refractivity contribution in [1.29, 1.82) is 0 Å². The molecule has 1 aromatic heterocycles. The number of carbonyl (C=O) groups excluding carboxylic acids is 1. The van der Waals surface area contributed by atoms with Gasteiger partial charge in [0, 0.05) is 42.2 Å². The Balaban J connectivity index is 1.52. The van der Waals surface area contributed by atoms with Crippen molar-refractivity contribution in [3.8, 4) is 16.9 Å². The SMILES string of the molecule is COc1ccc(-c2cnc(F)c([C@@]3(C)CCN(C(=O)OC4CCOC4)C[C@@H]3C)c2)cc1. The first-order chi connectivity index (χ1) is 14.9. The number of rotatable bonds is 4. The van der Waals surface area contributed by atoms with Crippen LogP contribution in [0, 0.1) is 11.9 Å². The molecule has 0 N–H and O–H groups in total. The molecule has 2 saturated heterocycles. The summed E-state index contributed by atoms with van der Waals surface area (Å²) in [6.45, 7) is 6.22. The molecule has 7 heteroatoms. The lowest BCUT2D eigenvalue weighted by molar-refractivity contribution is 0.0336. The first-order valence-electron chi connectivity index (χ1n) is 10.7. The molecule has 6 nitrogen and oxygen atoms in total. The van der Waals surface area contributed by atoms with Crippen LogP contribution in [0.1, 0.15) is 32.3 Å². The number of likely N-dealkylation sites (tertiary alicyclic amines) is 1. The van der Waals surface area contributed by atoms with E-state index in [9.17, 15) is 9.18 Å². The molecule has 31 heavy (non-hydrogen) atoms. The molecular formula is C24H29FN2O4. The van der Waals surface area contributed by atoms with E-state index in [1.54, 1.807) is 18.2 Å². The van der Waals surface area contributed by atoms with Gasteiger partial charge in [0.2, 0.25) is 5.95 Å². The molecule has 1 aromatic carbocycles. The highest BCUT2D eigenvalue weighted by Crippen LogP contribution is 2.41. The fourth-order valence-corrected chi connectivity index (χ4v) is 4.42. The third-order valence-corrected chi connectivity index (χ3v) is 6.77. The van der Waals surface area contributed by atoms with Gasteiger partial charge in [-0.3, -0.25) is 0 Å². The lowest BCUT2D eigenvalue weighted by Crippen LogP contribution is -2.50. The summed E-state index contributed by atoms with van der Waals surface area (Å²) in [6.07, 6.45) is 2.45. The van der Waals surface area contributed by atoms with Crippen LogP contribution < -0.4 is 4.74 Å². The van der Waals surface area contributed by atoms with Gasteiger partial charge in [-0.2, -0.15) is 4.39 Å². The zero-order valence-corrected chi connectivity index (χ0v) is 18.3. The fraction of sp³-hybridized carbons (Fsp3) is 0.500. The minimum Gasteiger partial charge on any atom is -0.497 e. The summed E-state index contributed by atoms with van der Waals surface area (Å²) in [5.41, 5.74) is 1.96. The number of carbonyl (C=O) groups is 1. The second kappa shape index (κ2) is 8.83. The maximum atomic E-state index is 14.9. The number of methoxy groups -OCH3 is 1. The average Bonchev–Trinajstić information content (AvgIpc) is 3.29. The number of amides is 1. The van der Waals surface area contributed by atoms with Crippen molar-refractivity contribution in [3.63, 3.8) is 0 Å². The molecule has 0 aliphatic carbocycles. The van der Waals surface area contributed by atoms with Crippen LogP contribution in [0.2, 0.25) is 0 Å². The Morgan fingerprint density at radius 1 is 1.29 bits per heavy atom. The predicted octanol–water partition coefficient (Wildman–Crippen LogP) is 4.42. The second-order valence-corrected chi connectivity index (χ2v) is 8.67. The summed E-state index contributed by atoms with van der Waals surface area (Å²) in [5, 5.41) is 0. The maximum absolute atomic E-state index is 14.9. The molecular weight excluding hydrogens is 399 g/mol. The number of nitrogens with zero attached hydrogens (tertiary/aromatic N) is 2. The predicted molar refractivity (Wildman–Crippen MR) is 115 cm³/mol. The monoisotopic (exact) mass is 428 g/mol. The van der Waals surface area contributed by atoms with Crippen LogP contribution in [0.25, 0.3) is 11.1 Å². The van der Waals surface area contributed by atoms with Gasteiger partial charge in [0.1, 0.15) is 11.9 Å². The van der Waals surface area contributed by atoms with Gasteiger partial charge in [0.05, 0.1) is 20.3 Å². The zero-order valence-electron chi connectivity index (χ0n) is 18.3. The van der Waals surface area contributed by atoms with Crippen molar-refractivity contribution in [3.05, 3.63) is 48.0 Å². The highest BCUT2D eigenvalue weighted by molar-refractivity contribution is 5.68. The molecule has 4 rings (SSSR count). The van der Waals surface area contributed by atoms with Crippen molar-refractivity contribution in [2.45, 2.75) is 38.2 Å². The van der Waals surface area contributed by atoms with E-state index in [1.807, 2.05) is 30.3 Å². The first kappa shape index (κ1) is 21.6. The van der Waals surface area contributed by atoms with E-state index in [1.165, 1.54) is 0 Å². The van der Waals surface area contributed by atoms with Crippen molar-refractivity contribution in [1.82, 2.24) is 9.88 Å². The number of hydrogen-bond acceptors (Lipinski definition) is 5. The fourth-order valence-electron chi connectivity index (χ4n) is 4.42. The Morgan fingerprint density at radius 2 is 2.06 bits per heavy atom. The van der Waals surface area contributed by atoms with Gasteiger partial charge in [-0.1, -0.05) is 26.0 Å². The molecule has 2 aliphatic heterocycles. The number of benzene rings is 1. The molecule has 0 saturated carbocycles. The van der Waals surface area contributed by atoms with Crippen LogP contribution in [0.5, 0.6) is 5.75 Å². The van der Waals surface area contributed by atoms with E-state index in [2.05, 4.69) is 18.8 Å². The minimum absolute atomic E-state index is 0.0380. The summed E-state index contributed by atoms with van der Waals surface area (Å²) in [7, 11) is 1.62. The molecule has 2 fully saturated rings. The van der Waals surface area contributed by atoms with Gasteiger partial charge in [0.25, 0.3) is 0 Å². The van der Waals surface area contributed by atoms with Crippen LogP contribution in [0.3, 0.4) is 0 Å². The summed E-state index contributed by atoms with van der Waals surface area (Å²) < 4.78 is 30.9. The summed E-state index contributed by atoms with van der Waals surface area (Å²) >= 11 is 0. The molecule has 2 aliphatic rings. The van der Waals surface area contributed by atoms with Crippen molar-refractivity contribution >= 4 is 6.09 Å². The Morgan fingerprint density at radius 3 is 2.71 bits per heavy atom. The van der Waals surface area contributed by atoms with Crippen LogP contribution in [0.15, 0.2) is 36.5 Å². The molecule has 3 atom stereocenters. The average molecular weight is 429 g/mol. The lowest BCUT2D eigenvalue weighted by Gasteiger charge is -2.44. The van der Waals surface area contributed by atoms with Crippen LogP contribution >= 0.6 is 0 Å². The van der Waals surface area contributed by atoms with E-state index in [-0.39, 0.29) is 18.1 Å². The van der Waals surface area contributed by atoms with Crippen molar-refractivity contribution in [2.24, 2.45) is 5.92 Å². The Hall–Kier alpha value is -2.67. The van der Waals surface area contributed by atoms with Crippen molar-refractivity contribution < 1.29 is 23.4 Å². The van der Waals surface area contributed by atoms with Crippen LogP contribution in [0.4, 0.5) is 9.18 Å². The van der Waals surface area contributed by atoms with Crippen LogP contribution in [-0.2, 0) is 14.9 Å². The Labute approximate surface area is 182 Å². The van der Waals surface area contributed by atoms with E-state index in [0.717, 1.165) is 23.3 Å². The van der Waals surface area contributed by atoms with Crippen LogP contribution in [-0.4, -0.2) is 55.5 Å². The van der Waals surface area contributed by atoms with Gasteiger partial charge in [-0.15, -0.1) is 0 Å². The van der Waals surface area contributed by atoms with E-state index in [0.29, 0.717) is 38.3 Å². The Bertz CT molecular complexity index is 930. The molecule has 1 amide bonds. The summed E-state index contributed by atoms with van der Waals surface area (Å²) in [6, 6.07) is 9.53. The number of ether oxygens (including phenoxy) is 3. The normalized spacial score (nSPS) is 26.0. The highest BCUT2D eigenvalue weighted by atomic mass is 19.1. The molecule has 1 unspecified atom stereocenters. The highest BCUT2D eigenvalue weighted by Gasteiger charge is 2.42. The molecule has 0 radical (unpaired) electrons. The van der Waals surface area contributed by atoms with Gasteiger partial charge >= 0.3 is 6.09 Å². The van der Waals surface area contributed by atoms with E-state index < -0.39 is 11.4 Å². The van der Waals surface area contributed by atoms with Gasteiger partial charge in [-0.25, -0.2) is 9.78 Å². The Kier molecular flexibility index (Phi) is 6.14. The standard InChI is InChI=1S/C24H29FN2O4/c1-16-14-27(23(28)31-20-8-11-30-15-20)10-9-24(16,2)21-12-18(13-26-22(21)25)17-4-6-19(29-3)7-5-17/h4-7,12-13,16,20H,8-11,14-15H2,1-3H3/t16-,20?,24-/m0/s1. The lowest BCUT2D eigenvalue weighted by atomic mass is 9.68. The summed E-state index contributed by atoms with van der Waals surface area (Å²) in [5.74, 6) is 0.352. The second-order valence-electron chi connectivity index (χ2n) is 8.67. The topological polar surface area (TPSA) is 60.9 Å². The maximum Gasteiger partial charge on any atom is 0.410 e. The number of halogens is 1. The number of aromatic nitrogens is 1. The van der Waals surface area contributed by atoms with E-state index in [4.69, 9.17) is 14.2 Å². The first-order valence-corrected chi connectivity index (χ1v) is 10.7. The number of piperidine rings is 1. The van der Waals surface area contributed by atoms with Gasteiger partial charge in [0.15, 0.2) is 0 Å². The molecule has 0 bridgehead atoms. The minimum atomic E-state index is -0.453. The van der Waals surface area contributed by atoms with Crippen molar-refractivity contribution in [2.75, 3.05) is 33.4 Å². The molecule has 3 heterocycles. The van der Waals surface area contributed by atoms with E-state index >= 15 is 0 Å². The molecule has 166 valence electrons. The van der Waals surface area contributed by atoms with Gasteiger partial charge in [-0.05, 0) is 36.1 Å². The molecule has 0 spiro atoms. The molecule has 2 aromatic rings. The number of hydrogen-bond donors (Lipinski definition) is 0. The zero-order chi connectivity index (χ0) is 22.0. The summed E-state index contributed by atoms with van der Waals surface area (Å²) in [4.78, 5) is 18.3. The smallest absolute Gasteiger partial charge is 0.410 e. The number of pyridine rings is 1. The quantitative estimate of drug-likeness (QED) is 0.675. The van der Waals surface area contributed by atoms with Gasteiger partial charge < -0.3 is 19.1 Å². The largest absolute Gasteiger partial charge is 0.497 e. The third-order valence-electron chi connectivity index (χ3n) is 6.77. The third kappa shape index (κ3) is 4.37.